The fourth-order valence-electron chi connectivity index (χ4n) is 1.35. The molecule has 0 spiro atoms. The smallest absolute Gasteiger partial charge is 0.305 e. The van der Waals surface area contributed by atoms with Gasteiger partial charge < -0.3 is 4.74 Å². The van der Waals surface area contributed by atoms with E-state index in [9.17, 15) is 13.2 Å². The predicted molar refractivity (Wildman–Crippen MR) is 65.5 cm³/mol. The Kier molecular flexibility index (Phi) is 8.55. The highest BCUT2D eigenvalue weighted by atomic mass is 35.5. The minimum absolute atomic E-state index is 0.261. The number of carbonyl (C=O) groups excluding carboxylic acids is 1. The molecule has 0 saturated carbocycles. The Morgan fingerprint density at radius 3 is 2.41 bits per heavy atom. The number of unbranched alkanes of at least 4 members (excludes halogenated alkanes) is 1. The van der Waals surface area contributed by atoms with Crippen LogP contribution in [-0.4, -0.2) is 39.7 Å². The maximum absolute atomic E-state index is 11.0. The van der Waals surface area contributed by atoms with Crippen molar-refractivity contribution < 1.29 is 22.1 Å². The van der Waals surface area contributed by atoms with E-state index in [1.54, 1.807) is 0 Å². The van der Waals surface area contributed by atoms with Crippen molar-refractivity contribution in [3.05, 3.63) is 0 Å². The van der Waals surface area contributed by atoms with Gasteiger partial charge in [0.25, 0.3) is 10.1 Å². The van der Waals surface area contributed by atoms with E-state index >= 15 is 0 Å². The molecule has 7 heteroatoms. The maximum Gasteiger partial charge on any atom is 0.305 e. The van der Waals surface area contributed by atoms with Gasteiger partial charge in [-0.05, 0) is 19.3 Å². The van der Waals surface area contributed by atoms with Gasteiger partial charge in [-0.15, -0.1) is 11.6 Å². The highest BCUT2D eigenvalue weighted by Crippen LogP contribution is 2.13. The molecule has 102 valence electrons. The van der Waals surface area contributed by atoms with Crippen LogP contribution in [0.4, 0.5) is 0 Å². The SMILES string of the molecule is COC(=O)CCCC[C@@H](CCCl)OS(C)(=O)=O. The number of hydrogen-bond acceptors (Lipinski definition) is 5. The van der Waals surface area contributed by atoms with Crippen LogP contribution in [0.2, 0.25) is 0 Å². The first-order valence-corrected chi connectivity index (χ1v) is 7.75. The zero-order valence-electron chi connectivity index (χ0n) is 10.1. The Morgan fingerprint density at radius 2 is 1.94 bits per heavy atom. The fraction of sp³-hybridized carbons (Fsp3) is 0.900. The summed E-state index contributed by atoms with van der Waals surface area (Å²) < 4.78 is 31.3. The molecule has 0 N–H and O–H groups in total. The quantitative estimate of drug-likeness (QED) is 0.279. The number of halogens is 1. The molecule has 0 rings (SSSR count). The molecule has 0 unspecified atom stereocenters. The summed E-state index contributed by atoms with van der Waals surface area (Å²) in [5.74, 6) is 0.0833. The number of rotatable bonds is 9. The summed E-state index contributed by atoms with van der Waals surface area (Å²) in [5, 5.41) is 0. The van der Waals surface area contributed by atoms with Crippen LogP contribution in [0.3, 0.4) is 0 Å². The molecule has 0 aliphatic carbocycles. The van der Waals surface area contributed by atoms with Crippen molar-refractivity contribution in [1.29, 1.82) is 0 Å². The molecule has 0 aliphatic rings. The number of esters is 1. The Hall–Kier alpha value is -0.330. The van der Waals surface area contributed by atoms with Gasteiger partial charge in [0, 0.05) is 12.3 Å². The predicted octanol–water partition coefficient (Wildman–Crippen LogP) is 1.69. The van der Waals surface area contributed by atoms with Crippen LogP contribution in [0.25, 0.3) is 0 Å². The van der Waals surface area contributed by atoms with Gasteiger partial charge in [0.2, 0.25) is 0 Å². The molecule has 0 aromatic rings. The monoisotopic (exact) mass is 286 g/mol. The minimum atomic E-state index is -3.45. The Bertz CT molecular complexity index is 315. The molecule has 17 heavy (non-hydrogen) atoms. The number of methoxy groups -OCH3 is 1. The third-order valence-electron chi connectivity index (χ3n) is 2.13. The second kappa shape index (κ2) is 8.72. The fourth-order valence-corrected chi connectivity index (χ4v) is 2.28. The average Bonchev–Trinajstić information content (AvgIpc) is 2.22. The molecule has 0 amide bonds. The summed E-state index contributed by atoms with van der Waals surface area (Å²) in [6, 6.07) is 0. The first-order chi connectivity index (χ1) is 7.89. The zero-order chi connectivity index (χ0) is 13.3. The second-order valence-electron chi connectivity index (χ2n) is 3.72. The van der Waals surface area contributed by atoms with E-state index in [0.717, 1.165) is 6.26 Å². The minimum Gasteiger partial charge on any atom is -0.469 e. The number of alkyl halides is 1. The molecule has 0 aromatic carbocycles. The van der Waals surface area contributed by atoms with E-state index < -0.39 is 16.2 Å². The highest BCUT2D eigenvalue weighted by Gasteiger charge is 2.15. The molecule has 0 saturated heterocycles. The van der Waals surface area contributed by atoms with Gasteiger partial charge >= 0.3 is 5.97 Å². The van der Waals surface area contributed by atoms with E-state index in [4.69, 9.17) is 15.8 Å². The van der Waals surface area contributed by atoms with Crippen LogP contribution < -0.4 is 0 Å². The summed E-state index contributed by atoms with van der Waals surface area (Å²) >= 11 is 5.56. The molecular weight excluding hydrogens is 268 g/mol. The van der Waals surface area contributed by atoms with Crippen LogP contribution in [-0.2, 0) is 23.8 Å². The molecule has 0 aliphatic heterocycles. The topological polar surface area (TPSA) is 69.7 Å². The van der Waals surface area contributed by atoms with Gasteiger partial charge in [0.15, 0.2) is 0 Å². The van der Waals surface area contributed by atoms with Crippen LogP contribution in [0.15, 0.2) is 0 Å². The summed E-state index contributed by atoms with van der Waals surface area (Å²) in [5.41, 5.74) is 0. The molecule has 0 aromatic heterocycles. The van der Waals surface area contributed by atoms with E-state index in [-0.39, 0.29) is 5.97 Å². The summed E-state index contributed by atoms with van der Waals surface area (Å²) in [4.78, 5) is 10.8. The van der Waals surface area contributed by atoms with Crippen molar-refractivity contribution in [1.82, 2.24) is 0 Å². The van der Waals surface area contributed by atoms with E-state index in [1.165, 1.54) is 7.11 Å². The Morgan fingerprint density at radius 1 is 1.29 bits per heavy atom. The van der Waals surface area contributed by atoms with Crippen molar-refractivity contribution in [2.45, 2.75) is 38.2 Å². The number of ether oxygens (including phenoxy) is 1. The largest absolute Gasteiger partial charge is 0.469 e. The standard InChI is InChI=1S/C10H19ClO5S/c1-15-10(12)6-4-3-5-9(7-8-11)16-17(2,13)14/h9H,3-8H2,1-2H3/t9-/m0/s1. The van der Waals surface area contributed by atoms with E-state index in [1.807, 2.05) is 0 Å². The normalized spacial score (nSPS) is 13.4. The Labute approximate surface area is 108 Å². The van der Waals surface area contributed by atoms with Gasteiger partial charge in [0.1, 0.15) is 0 Å². The van der Waals surface area contributed by atoms with Crippen molar-refractivity contribution >= 4 is 27.7 Å². The van der Waals surface area contributed by atoms with Crippen molar-refractivity contribution in [3.63, 3.8) is 0 Å². The molecule has 0 bridgehead atoms. The lowest BCUT2D eigenvalue weighted by Gasteiger charge is -2.14. The van der Waals surface area contributed by atoms with Gasteiger partial charge in [-0.25, -0.2) is 0 Å². The third kappa shape index (κ3) is 10.5. The van der Waals surface area contributed by atoms with Gasteiger partial charge in [-0.2, -0.15) is 8.42 Å². The summed E-state index contributed by atoms with van der Waals surface area (Å²) in [6.07, 6.45) is 3.35. The van der Waals surface area contributed by atoms with Crippen molar-refractivity contribution in [2.24, 2.45) is 0 Å². The maximum atomic E-state index is 11.0. The third-order valence-corrected chi connectivity index (χ3v) is 2.97. The molecule has 0 heterocycles. The molecular formula is C10H19ClO5S. The first kappa shape index (κ1) is 16.7. The number of carbonyl (C=O) groups is 1. The zero-order valence-corrected chi connectivity index (χ0v) is 11.7. The lowest BCUT2D eigenvalue weighted by atomic mass is 10.1. The lowest BCUT2D eigenvalue weighted by Crippen LogP contribution is -2.18. The molecule has 0 fully saturated rings. The van der Waals surface area contributed by atoms with Crippen molar-refractivity contribution in [2.75, 3.05) is 19.2 Å². The Balaban J connectivity index is 3.89. The average molecular weight is 287 g/mol. The van der Waals surface area contributed by atoms with Crippen LogP contribution in [0, 0.1) is 0 Å². The van der Waals surface area contributed by atoms with Crippen LogP contribution in [0.5, 0.6) is 0 Å². The molecule has 5 nitrogen and oxygen atoms in total. The van der Waals surface area contributed by atoms with Crippen LogP contribution in [0.1, 0.15) is 32.1 Å². The highest BCUT2D eigenvalue weighted by molar-refractivity contribution is 7.86. The molecule has 0 radical (unpaired) electrons. The van der Waals surface area contributed by atoms with Crippen LogP contribution >= 0.6 is 11.6 Å². The van der Waals surface area contributed by atoms with E-state index in [2.05, 4.69) is 4.74 Å². The first-order valence-electron chi connectivity index (χ1n) is 5.40. The lowest BCUT2D eigenvalue weighted by molar-refractivity contribution is -0.140. The van der Waals surface area contributed by atoms with Gasteiger partial charge in [-0.3, -0.25) is 8.98 Å². The summed E-state index contributed by atoms with van der Waals surface area (Å²) in [6.45, 7) is 0. The van der Waals surface area contributed by atoms with Crippen molar-refractivity contribution in [3.8, 4) is 0 Å². The van der Waals surface area contributed by atoms with Gasteiger partial charge in [-0.1, -0.05) is 6.42 Å². The summed E-state index contributed by atoms with van der Waals surface area (Å²) in [7, 11) is -2.12. The second-order valence-corrected chi connectivity index (χ2v) is 5.70. The van der Waals surface area contributed by atoms with E-state index in [0.29, 0.717) is 38.0 Å². The number of hydrogen-bond donors (Lipinski definition) is 0. The molecule has 1 atom stereocenters. The van der Waals surface area contributed by atoms with Gasteiger partial charge in [0.05, 0.1) is 19.5 Å².